The van der Waals surface area contributed by atoms with Gasteiger partial charge in [0.25, 0.3) is 0 Å². The van der Waals surface area contributed by atoms with Crippen LogP contribution in [0.4, 0.5) is 4.39 Å². The minimum atomic E-state index is -3.22. The maximum atomic E-state index is 13.6. The molecule has 0 unspecified atom stereocenters. The molecule has 0 saturated carbocycles. The third kappa shape index (κ3) is 8.11. The van der Waals surface area contributed by atoms with Gasteiger partial charge in [0, 0.05) is 26.4 Å². The van der Waals surface area contributed by atoms with Crippen molar-refractivity contribution >= 4 is 15.8 Å². The molecule has 0 saturated heterocycles. The maximum absolute atomic E-state index is 13.6. The highest BCUT2D eigenvalue weighted by Crippen LogP contribution is 2.16. The van der Waals surface area contributed by atoms with Crippen molar-refractivity contribution in [1.82, 2.24) is 10.6 Å². The zero-order valence-electron chi connectivity index (χ0n) is 17.2. The van der Waals surface area contributed by atoms with Crippen LogP contribution in [0.25, 0.3) is 0 Å². The molecule has 2 aromatic rings. The van der Waals surface area contributed by atoms with Crippen LogP contribution in [-0.2, 0) is 28.7 Å². The van der Waals surface area contributed by atoms with Crippen LogP contribution in [0.3, 0.4) is 0 Å². The van der Waals surface area contributed by atoms with E-state index in [1.165, 1.54) is 18.2 Å². The summed E-state index contributed by atoms with van der Waals surface area (Å²) in [5, 5.41) is 6.29. The van der Waals surface area contributed by atoms with Crippen molar-refractivity contribution in [2.75, 3.05) is 13.3 Å². The van der Waals surface area contributed by atoms with Crippen LogP contribution in [-0.4, -0.2) is 33.8 Å². The Bertz CT molecular complexity index is 959. The Morgan fingerprint density at radius 1 is 1.10 bits per heavy atom. The van der Waals surface area contributed by atoms with E-state index in [9.17, 15) is 12.8 Å². The second-order valence-corrected chi connectivity index (χ2v) is 9.22. The van der Waals surface area contributed by atoms with Crippen molar-refractivity contribution in [1.29, 1.82) is 0 Å². The van der Waals surface area contributed by atoms with Gasteiger partial charge in [-0.1, -0.05) is 18.2 Å². The number of sulfone groups is 1. The molecule has 0 heterocycles. The summed E-state index contributed by atoms with van der Waals surface area (Å²) >= 11 is 0. The predicted molar refractivity (Wildman–Crippen MR) is 114 cm³/mol. The van der Waals surface area contributed by atoms with Crippen LogP contribution in [0, 0.1) is 5.82 Å². The molecular weight excluding hydrogens is 393 g/mol. The second-order valence-electron chi connectivity index (χ2n) is 7.08. The molecule has 0 amide bonds. The quantitative estimate of drug-likeness (QED) is 0.506. The lowest BCUT2D eigenvalue weighted by Crippen LogP contribution is -2.36. The molecule has 0 aromatic heterocycles. The van der Waals surface area contributed by atoms with Gasteiger partial charge < -0.3 is 15.4 Å². The number of guanidine groups is 1. The van der Waals surface area contributed by atoms with E-state index in [-0.39, 0.29) is 18.4 Å². The summed E-state index contributed by atoms with van der Waals surface area (Å²) in [7, 11) is -1.59. The smallest absolute Gasteiger partial charge is 0.191 e. The molecule has 8 heteroatoms. The minimum Gasteiger partial charge on any atom is -0.491 e. The number of hydrogen-bond donors (Lipinski definition) is 2. The van der Waals surface area contributed by atoms with Crippen LogP contribution in [0.2, 0.25) is 0 Å². The van der Waals surface area contributed by atoms with Crippen molar-refractivity contribution in [3.63, 3.8) is 0 Å². The van der Waals surface area contributed by atoms with Gasteiger partial charge in [-0.2, -0.15) is 0 Å². The Labute approximate surface area is 172 Å². The number of hydrogen-bond acceptors (Lipinski definition) is 4. The zero-order valence-corrected chi connectivity index (χ0v) is 18.0. The average molecular weight is 422 g/mol. The van der Waals surface area contributed by atoms with Crippen molar-refractivity contribution in [3.8, 4) is 5.75 Å². The normalized spacial score (nSPS) is 12.1. The molecule has 0 bridgehead atoms. The first kappa shape index (κ1) is 22.7. The van der Waals surface area contributed by atoms with E-state index in [1.54, 1.807) is 7.05 Å². The zero-order chi connectivity index (χ0) is 21.4. The Morgan fingerprint density at radius 3 is 2.48 bits per heavy atom. The SMILES string of the molecule is CN=C(NCc1cccc(OC(C)C)c1)NCc1cc(F)ccc1CS(C)(=O)=O. The summed E-state index contributed by atoms with van der Waals surface area (Å²) in [6.07, 6.45) is 1.26. The van der Waals surface area contributed by atoms with E-state index in [0.29, 0.717) is 23.6 Å². The molecule has 6 nitrogen and oxygen atoms in total. The van der Waals surface area contributed by atoms with Gasteiger partial charge in [0.15, 0.2) is 15.8 Å². The molecule has 0 spiro atoms. The third-order valence-electron chi connectivity index (χ3n) is 3.99. The first-order valence-corrected chi connectivity index (χ1v) is 11.4. The second kappa shape index (κ2) is 10.2. The standard InChI is InChI=1S/C21H28FN3O3S/c1-15(2)28-20-7-5-6-16(10-20)12-24-21(23-3)25-13-18-11-19(22)9-8-17(18)14-29(4,26)27/h5-11,15H,12-14H2,1-4H3,(H2,23,24,25). The van der Waals surface area contributed by atoms with E-state index in [4.69, 9.17) is 4.74 Å². The molecule has 0 aliphatic heterocycles. The lowest BCUT2D eigenvalue weighted by Gasteiger charge is -2.15. The summed E-state index contributed by atoms with van der Waals surface area (Å²) in [6, 6.07) is 11.9. The Kier molecular flexibility index (Phi) is 8.01. The van der Waals surface area contributed by atoms with Crippen LogP contribution < -0.4 is 15.4 Å². The number of rotatable bonds is 8. The van der Waals surface area contributed by atoms with E-state index in [0.717, 1.165) is 17.6 Å². The van der Waals surface area contributed by atoms with Crippen molar-refractivity contribution in [2.45, 2.75) is 38.8 Å². The fraction of sp³-hybridized carbons (Fsp3) is 0.381. The van der Waals surface area contributed by atoms with Crippen molar-refractivity contribution < 1.29 is 17.5 Å². The minimum absolute atomic E-state index is 0.0973. The van der Waals surface area contributed by atoms with Gasteiger partial charge in [-0.15, -0.1) is 0 Å². The highest BCUT2D eigenvalue weighted by Gasteiger charge is 2.11. The van der Waals surface area contributed by atoms with Crippen LogP contribution in [0.1, 0.15) is 30.5 Å². The maximum Gasteiger partial charge on any atom is 0.191 e. The highest BCUT2D eigenvalue weighted by molar-refractivity contribution is 7.89. The number of nitrogens with one attached hydrogen (secondary N) is 2. The summed E-state index contributed by atoms with van der Waals surface area (Å²) in [6.45, 7) is 4.72. The molecule has 2 aromatic carbocycles. The first-order valence-electron chi connectivity index (χ1n) is 9.31. The molecule has 2 N–H and O–H groups in total. The van der Waals surface area contributed by atoms with Crippen LogP contribution in [0.15, 0.2) is 47.5 Å². The van der Waals surface area contributed by atoms with Gasteiger partial charge in [0.05, 0.1) is 11.9 Å². The highest BCUT2D eigenvalue weighted by atomic mass is 32.2. The van der Waals surface area contributed by atoms with Gasteiger partial charge in [0.1, 0.15) is 11.6 Å². The van der Waals surface area contributed by atoms with Gasteiger partial charge in [-0.3, -0.25) is 4.99 Å². The fourth-order valence-corrected chi connectivity index (χ4v) is 3.62. The van der Waals surface area contributed by atoms with Crippen LogP contribution >= 0.6 is 0 Å². The summed E-state index contributed by atoms with van der Waals surface area (Å²) in [5.41, 5.74) is 2.16. The van der Waals surface area contributed by atoms with Gasteiger partial charge >= 0.3 is 0 Å². The first-order chi connectivity index (χ1) is 13.7. The number of nitrogens with zero attached hydrogens (tertiary/aromatic N) is 1. The van der Waals surface area contributed by atoms with Gasteiger partial charge in [0.2, 0.25) is 0 Å². The fourth-order valence-electron chi connectivity index (χ4n) is 2.77. The van der Waals surface area contributed by atoms with Gasteiger partial charge in [-0.05, 0) is 54.8 Å². The van der Waals surface area contributed by atoms with E-state index < -0.39 is 15.7 Å². The van der Waals surface area contributed by atoms with Crippen molar-refractivity contribution in [2.24, 2.45) is 4.99 Å². The molecule has 158 valence electrons. The number of aliphatic imine (C=N–C) groups is 1. The molecule has 0 radical (unpaired) electrons. The van der Waals surface area contributed by atoms with Crippen LogP contribution in [0.5, 0.6) is 5.75 Å². The van der Waals surface area contributed by atoms with E-state index in [2.05, 4.69) is 15.6 Å². The monoisotopic (exact) mass is 421 g/mol. The molecule has 0 aliphatic carbocycles. The van der Waals surface area contributed by atoms with Crippen molar-refractivity contribution in [3.05, 3.63) is 65.0 Å². The summed E-state index contributed by atoms with van der Waals surface area (Å²) in [4.78, 5) is 4.17. The average Bonchev–Trinajstić information content (AvgIpc) is 2.62. The Balaban J connectivity index is 2.00. The van der Waals surface area contributed by atoms with E-state index in [1.807, 2.05) is 38.1 Å². The summed E-state index contributed by atoms with van der Waals surface area (Å²) < 4.78 is 42.6. The lowest BCUT2D eigenvalue weighted by atomic mass is 10.1. The molecule has 0 aliphatic rings. The molecule has 0 fully saturated rings. The molecule has 2 rings (SSSR count). The predicted octanol–water partition coefficient (Wildman–Crippen LogP) is 3.02. The number of ether oxygens (including phenoxy) is 1. The van der Waals surface area contributed by atoms with E-state index >= 15 is 0 Å². The Morgan fingerprint density at radius 2 is 1.83 bits per heavy atom. The largest absolute Gasteiger partial charge is 0.491 e. The lowest BCUT2D eigenvalue weighted by molar-refractivity contribution is 0.242. The number of halogens is 1. The molecule has 29 heavy (non-hydrogen) atoms. The molecular formula is C21H28FN3O3S. The number of benzene rings is 2. The Hall–Kier alpha value is -2.61. The molecule has 0 atom stereocenters. The third-order valence-corrected chi connectivity index (χ3v) is 4.82. The summed E-state index contributed by atoms with van der Waals surface area (Å²) in [5.74, 6) is 0.769. The topological polar surface area (TPSA) is 79.8 Å². The van der Waals surface area contributed by atoms with Gasteiger partial charge in [-0.25, -0.2) is 12.8 Å².